The van der Waals surface area contributed by atoms with E-state index in [0.29, 0.717) is 0 Å². The summed E-state index contributed by atoms with van der Waals surface area (Å²) in [6.45, 7) is 4.97. The molecule has 1 N–H and O–H groups in total. The minimum Gasteiger partial charge on any atom is -0.389 e. The second kappa shape index (κ2) is 6.48. The number of aliphatic hydroxyl groups excluding tert-OH is 1. The van der Waals surface area contributed by atoms with E-state index >= 15 is 0 Å². The molecule has 0 saturated carbocycles. The van der Waals surface area contributed by atoms with E-state index in [1.54, 1.807) is 13.1 Å². The van der Waals surface area contributed by atoms with Crippen molar-refractivity contribution in [2.24, 2.45) is 0 Å². The summed E-state index contributed by atoms with van der Waals surface area (Å²) in [4.78, 5) is 6.47. The number of rotatable bonds is 6. The van der Waals surface area contributed by atoms with Crippen LogP contribution in [0.25, 0.3) is 0 Å². The van der Waals surface area contributed by atoms with Gasteiger partial charge in [-0.05, 0) is 19.4 Å². The lowest BCUT2D eigenvalue weighted by Crippen LogP contribution is -2.21. The van der Waals surface area contributed by atoms with Gasteiger partial charge in [0, 0.05) is 25.4 Å². The molecule has 0 saturated heterocycles. The number of hydrogen-bond acceptors (Lipinski definition) is 3. The summed E-state index contributed by atoms with van der Waals surface area (Å²) in [5.74, 6) is 0.897. The first-order valence-electron chi connectivity index (χ1n) is 6.01. The van der Waals surface area contributed by atoms with E-state index in [1.807, 2.05) is 19.2 Å². The lowest BCUT2D eigenvalue weighted by Gasteiger charge is -2.22. The number of hydrogen-bond donors (Lipinski definition) is 1. The molecule has 1 aromatic heterocycles. The van der Waals surface area contributed by atoms with Crippen molar-refractivity contribution in [3.05, 3.63) is 23.9 Å². The minimum absolute atomic E-state index is 0.461. The molecule has 3 nitrogen and oxygen atoms in total. The number of nitrogens with zero attached hydrogens (tertiary/aromatic N) is 2. The normalized spacial score (nSPS) is 12.5. The number of aromatic nitrogens is 1. The lowest BCUT2D eigenvalue weighted by molar-refractivity contribution is 0.199. The first-order chi connectivity index (χ1) is 7.66. The molecule has 1 heterocycles. The van der Waals surface area contributed by atoms with Gasteiger partial charge in [0.15, 0.2) is 0 Å². The molecule has 0 fully saturated rings. The van der Waals surface area contributed by atoms with Crippen LogP contribution in [0, 0.1) is 0 Å². The molecule has 0 aliphatic heterocycles. The van der Waals surface area contributed by atoms with Crippen LogP contribution in [0.15, 0.2) is 18.3 Å². The Balaban J connectivity index is 2.70. The van der Waals surface area contributed by atoms with Gasteiger partial charge in [0.05, 0.1) is 6.10 Å². The van der Waals surface area contributed by atoms with Crippen molar-refractivity contribution in [3.8, 4) is 0 Å². The summed E-state index contributed by atoms with van der Waals surface area (Å²) in [5, 5.41) is 9.66. The maximum atomic E-state index is 9.66. The van der Waals surface area contributed by atoms with Crippen molar-refractivity contribution in [3.63, 3.8) is 0 Å². The van der Waals surface area contributed by atoms with Gasteiger partial charge in [0.2, 0.25) is 0 Å². The highest BCUT2D eigenvalue weighted by Gasteiger charge is 2.11. The second-order valence-corrected chi connectivity index (χ2v) is 4.22. The molecule has 3 heteroatoms. The number of unbranched alkanes of at least 4 members (excludes halogenated alkanes) is 2. The molecule has 0 spiro atoms. The molecule has 1 rings (SSSR count). The number of pyridine rings is 1. The molecular weight excluding hydrogens is 200 g/mol. The standard InChI is InChI=1S/C13H22N2O/c1-4-5-6-10-15(3)13-12(11(2)16)8-7-9-14-13/h7-9,11,16H,4-6,10H2,1-3H3/t11-/m1/s1. The van der Waals surface area contributed by atoms with Crippen LogP contribution in [0.4, 0.5) is 5.82 Å². The third kappa shape index (κ3) is 3.49. The number of aliphatic hydroxyl groups is 1. The van der Waals surface area contributed by atoms with Gasteiger partial charge in [0.1, 0.15) is 5.82 Å². The van der Waals surface area contributed by atoms with Crippen molar-refractivity contribution in [1.29, 1.82) is 0 Å². The molecule has 1 aromatic rings. The van der Waals surface area contributed by atoms with Gasteiger partial charge in [-0.3, -0.25) is 0 Å². The first-order valence-corrected chi connectivity index (χ1v) is 6.01. The van der Waals surface area contributed by atoms with Gasteiger partial charge < -0.3 is 10.0 Å². The third-order valence-corrected chi connectivity index (χ3v) is 2.73. The largest absolute Gasteiger partial charge is 0.389 e. The topological polar surface area (TPSA) is 36.4 Å². The van der Waals surface area contributed by atoms with Crippen molar-refractivity contribution >= 4 is 5.82 Å². The van der Waals surface area contributed by atoms with Crippen LogP contribution in [0.3, 0.4) is 0 Å². The Bertz CT molecular complexity index is 313. The Morgan fingerprint density at radius 1 is 1.44 bits per heavy atom. The Labute approximate surface area is 98.1 Å². The molecule has 0 aliphatic rings. The Morgan fingerprint density at radius 2 is 2.19 bits per heavy atom. The highest BCUT2D eigenvalue weighted by atomic mass is 16.3. The highest BCUT2D eigenvalue weighted by Crippen LogP contribution is 2.22. The highest BCUT2D eigenvalue weighted by molar-refractivity contribution is 5.46. The van der Waals surface area contributed by atoms with Crippen LogP contribution in [0.1, 0.15) is 44.8 Å². The minimum atomic E-state index is -0.461. The monoisotopic (exact) mass is 222 g/mol. The summed E-state index contributed by atoms with van der Waals surface area (Å²) in [5.41, 5.74) is 0.904. The van der Waals surface area contributed by atoms with Gasteiger partial charge in [-0.2, -0.15) is 0 Å². The maximum Gasteiger partial charge on any atom is 0.134 e. The van der Waals surface area contributed by atoms with Gasteiger partial charge in [-0.15, -0.1) is 0 Å². The molecule has 16 heavy (non-hydrogen) atoms. The predicted molar refractivity (Wildman–Crippen MR) is 67.7 cm³/mol. The molecule has 0 amide bonds. The maximum absolute atomic E-state index is 9.66. The molecule has 0 aliphatic carbocycles. The van der Waals surface area contributed by atoms with Crippen LogP contribution in [0.5, 0.6) is 0 Å². The van der Waals surface area contributed by atoms with Crippen LogP contribution in [-0.2, 0) is 0 Å². The lowest BCUT2D eigenvalue weighted by atomic mass is 10.1. The van der Waals surface area contributed by atoms with E-state index in [0.717, 1.165) is 17.9 Å². The molecule has 0 unspecified atom stereocenters. The van der Waals surface area contributed by atoms with E-state index in [-0.39, 0.29) is 0 Å². The molecule has 0 aromatic carbocycles. The van der Waals surface area contributed by atoms with Gasteiger partial charge in [-0.25, -0.2) is 4.98 Å². The van der Waals surface area contributed by atoms with E-state index in [2.05, 4.69) is 16.8 Å². The Kier molecular flexibility index (Phi) is 5.26. The average molecular weight is 222 g/mol. The van der Waals surface area contributed by atoms with Gasteiger partial charge in [0.25, 0.3) is 0 Å². The van der Waals surface area contributed by atoms with Crippen molar-refractivity contribution in [1.82, 2.24) is 4.98 Å². The molecule has 90 valence electrons. The fourth-order valence-corrected chi connectivity index (χ4v) is 1.76. The smallest absolute Gasteiger partial charge is 0.134 e. The zero-order chi connectivity index (χ0) is 12.0. The van der Waals surface area contributed by atoms with Crippen molar-refractivity contribution in [2.45, 2.75) is 39.2 Å². The summed E-state index contributed by atoms with van der Waals surface area (Å²) in [6.07, 6.45) is 4.94. The second-order valence-electron chi connectivity index (χ2n) is 4.22. The van der Waals surface area contributed by atoms with Crippen LogP contribution in [-0.4, -0.2) is 23.7 Å². The molecule has 0 bridgehead atoms. The SMILES string of the molecule is CCCCCN(C)c1ncccc1[C@@H](C)O. The van der Waals surface area contributed by atoms with Crippen molar-refractivity contribution in [2.75, 3.05) is 18.5 Å². The Morgan fingerprint density at radius 3 is 2.81 bits per heavy atom. The molecular formula is C13H22N2O. The zero-order valence-electron chi connectivity index (χ0n) is 10.5. The summed E-state index contributed by atoms with van der Waals surface area (Å²) in [6, 6.07) is 3.80. The Hall–Kier alpha value is -1.09. The van der Waals surface area contributed by atoms with E-state index in [9.17, 15) is 5.11 Å². The van der Waals surface area contributed by atoms with Crippen LogP contribution in [0.2, 0.25) is 0 Å². The van der Waals surface area contributed by atoms with Crippen molar-refractivity contribution < 1.29 is 5.11 Å². The van der Waals surface area contributed by atoms with Crippen LogP contribution >= 0.6 is 0 Å². The fourth-order valence-electron chi connectivity index (χ4n) is 1.76. The predicted octanol–water partition coefficient (Wildman–Crippen LogP) is 2.76. The number of anilines is 1. The van der Waals surface area contributed by atoms with Crippen LogP contribution < -0.4 is 4.90 Å². The summed E-state index contributed by atoms with van der Waals surface area (Å²) >= 11 is 0. The van der Waals surface area contributed by atoms with Gasteiger partial charge >= 0.3 is 0 Å². The quantitative estimate of drug-likeness (QED) is 0.752. The summed E-state index contributed by atoms with van der Waals surface area (Å²) in [7, 11) is 2.03. The average Bonchev–Trinajstić information content (AvgIpc) is 2.29. The zero-order valence-corrected chi connectivity index (χ0v) is 10.5. The van der Waals surface area contributed by atoms with E-state index in [4.69, 9.17) is 0 Å². The van der Waals surface area contributed by atoms with E-state index in [1.165, 1.54) is 19.3 Å². The van der Waals surface area contributed by atoms with Gasteiger partial charge in [-0.1, -0.05) is 25.8 Å². The molecule has 1 atom stereocenters. The first kappa shape index (κ1) is 13.0. The van der Waals surface area contributed by atoms with E-state index < -0.39 is 6.10 Å². The molecule has 0 radical (unpaired) electrons. The fraction of sp³-hybridized carbons (Fsp3) is 0.615. The summed E-state index contributed by atoms with van der Waals surface area (Å²) < 4.78 is 0. The third-order valence-electron chi connectivity index (χ3n) is 2.73.